The Kier molecular flexibility index (Phi) is 3.48. The molecule has 1 aromatic heterocycles. The molecule has 0 aromatic carbocycles. The number of rotatable bonds is 2. The predicted octanol–water partition coefficient (Wildman–Crippen LogP) is 2.92. The highest BCUT2D eigenvalue weighted by Gasteiger charge is 2.22. The molecule has 3 heteroatoms. The van der Waals surface area contributed by atoms with Crippen molar-refractivity contribution in [1.29, 1.82) is 0 Å². The highest BCUT2D eigenvalue weighted by Crippen LogP contribution is 2.21. The van der Waals surface area contributed by atoms with Crippen molar-refractivity contribution >= 4 is 0 Å². The molecule has 94 valence electrons. The van der Waals surface area contributed by atoms with E-state index >= 15 is 0 Å². The van der Waals surface area contributed by atoms with Gasteiger partial charge in [0.1, 0.15) is 6.17 Å². The third kappa shape index (κ3) is 3.25. The number of pyridine rings is 1. The molecule has 0 bridgehead atoms. The van der Waals surface area contributed by atoms with Crippen LogP contribution >= 0.6 is 0 Å². The van der Waals surface area contributed by atoms with E-state index in [4.69, 9.17) is 0 Å². The lowest BCUT2D eigenvalue weighted by atomic mass is 9.88. The molecule has 0 spiro atoms. The Hall–Kier alpha value is -0.960. The molecule has 0 aliphatic carbocycles. The van der Waals surface area contributed by atoms with Crippen LogP contribution in [0.15, 0.2) is 18.3 Å². The molecule has 0 unspecified atom stereocenters. The summed E-state index contributed by atoms with van der Waals surface area (Å²) in [5, 5.41) is 0. The minimum atomic E-state index is -0.649. The number of likely N-dealkylation sites (tertiary alicyclic amines) is 1. The summed E-state index contributed by atoms with van der Waals surface area (Å²) >= 11 is 0. The number of alkyl halides is 1. The maximum atomic E-state index is 13.0. The van der Waals surface area contributed by atoms with Gasteiger partial charge in [-0.1, -0.05) is 26.8 Å². The van der Waals surface area contributed by atoms with Crippen molar-refractivity contribution in [1.82, 2.24) is 9.88 Å². The molecule has 2 heterocycles. The summed E-state index contributed by atoms with van der Waals surface area (Å²) < 4.78 is 13.0. The fraction of sp³-hybridized carbons (Fsp3) is 0.643. The summed E-state index contributed by atoms with van der Waals surface area (Å²) in [5.74, 6) is 0. The Morgan fingerprint density at radius 2 is 2.18 bits per heavy atom. The Morgan fingerprint density at radius 3 is 2.65 bits per heavy atom. The summed E-state index contributed by atoms with van der Waals surface area (Å²) in [6.45, 7) is 8.71. The van der Waals surface area contributed by atoms with Crippen LogP contribution in [0.25, 0.3) is 0 Å². The van der Waals surface area contributed by atoms with Crippen molar-refractivity contribution in [2.24, 2.45) is 0 Å². The highest BCUT2D eigenvalue weighted by molar-refractivity contribution is 5.21. The van der Waals surface area contributed by atoms with Crippen LogP contribution in [0.3, 0.4) is 0 Å². The molecular weight excluding hydrogens is 215 g/mol. The van der Waals surface area contributed by atoms with E-state index in [2.05, 4.69) is 42.8 Å². The van der Waals surface area contributed by atoms with Gasteiger partial charge in [0, 0.05) is 25.8 Å². The molecule has 2 nitrogen and oxygen atoms in total. The second-order valence-corrected chi connectivity index (χ2v) is 5.91. The number of nitrogens with zero attached hydrogens (tertiary/aromatic N) is 2. The lowest BCUT2D eigenvalue weighted by molar-refractivity contribution is 0.280. The van der Waals surface area contributed by atoms with Gasteiger partial charge in [0.15, 0.2) is 0 Å². The van der Waals surface area contributed by atoms with Gasteiger partial charge in [-0.05, 0) is 23.5 Å². The van der Waals surface area contributed by atoms with Gasteiger partial charge in [-0.15, -0.1) is 0 Å². The van der Waals surface area contributed by atoms with Crippen LogP contribution in [0.5, 0.6) is 0 Å². The predicted molar refractivity (Wildman–Crippen MR) is 67.7 cm³/mol. The fourth-order valence-electron chi connectivity index (χ4n) is 2.12. The van der Waals surface area contributed by atoms with Crippen molar-refractivity contribution in [2.45, 2.75) is 45.3 Å². The van der Waals surface area contributed by atoms with Crippen LogP contribution in [0, 0.1) is 0 Å². The van der Waals surface area contributed by atoms with Crippen molar-refractivity contribution in [3.8, 4) is 0 Å². The third-order valence-corrected chi connectivity index (χ3v) is 3.29. The third-order valence-electron chi connectivity index (χ3n) is 3.29. The van der Waals surface area contributed by atoms with Gasteiger partial charge in [-0.25, -0.2) is 4.39 Å². The second kappa shape index (κ2) is 4.73. The Bertz CT molecular complexity index is 367. The standard InChI is InChI=1S/C14H21FN2/c1-14(2,3)11-4-5-13(16-8-11)10-17-7-6-12(15)9-17/h4-5,8,12H,6-7,9-10H2,1-3H3/t12-/m0/s1. The van der Waals surface area contributed by atoms with E-state index in [9.17, 15) is 4.39 Å². The smallest absolute Gasteiger partial charge is 0.114 e. The zero-order valence-electron chi connectivity index (χ0n) is 10.9. The van der Waals surface area contributed by atoms with Crippen LogP contribution in [0.2, 0.25) is 0 Å². The molecule has 0 radical (unpaired) electrons. The summed E-state index contributed by atoms with van der Waals surface area (Å²) in [6.07, 6.45) is 1.96. The zero-order chi connectivity index (χ0) is 12.5. The fourth-order valence-corrected chi connectivity index (χ4v) is 2.12. The van der Waals surface area contributed by atoms with E-state index in [0.29, 0.717) is 13.0 Å². The maximum Gasteiger partial charge on any atom is 0.114 e. The van der Waals surface area contributed by atoms with E-state index < -0.39 is 6.17 Å². The summed E-state index contributed by atoms with van der Waals surface area (Å²) in [7, 11) is 0. The maximum absolute atomic E-state index is 13.0. The lowest BCUT2D eigenvalue weighted by Crippen LogP contribution is -2.21. The van der Waals surface area contributed by atoms with Crippen molar-refractivity contribution in [3.05, 3.63) is 29.6 Å². The van der Waals surface area contributed by atoms with Gasteiger partial charge in [0.05, 0.1) is 5.69 Å². The van der Waals surface area contributed by atoms with Gasteiger partial charge in [0.25, 0.3) is 0 Å². The molecule has 1 saturated heterocycles. The van der Waals surface area contributed by atoms with Crippen LogP contribution in [0.4, 0.5) is 4.39 Å². The van der Waals surface area contributed by atoms with Crippen LogP contribution in [0.1, 0.15) is 38.4 Å². The molecule has 0 saturated carbocycles. The minimum Gasteiger partial charge on any atom is -0.295 e. The Morgan fingerprint density at radius 1 is 1.41 bits per heavy atom. The van der Waals surface area contributed by atoms with Gasteiger partial charge >= 0.3 is 0 Å². The SMILES string of the molecule is CC(C)(C)c1ccc(CN2CC[C@H](F)C2)nc1. The molecule has 2 rings (SSSR count). The molecular formula is C14H21FN2. The average molecular weight is 236 g/mol. The van der Waals surface area contributed by atoms with Crippen LogP contribution < -0.4 is 0 Å². The van der Waals surface area contributed by atoms with Gasteiger partial charge < -0.3 is 0 Å². The summed E-state index contributed by atoms with van der Waals surface area (Å²) in [4.78, 5) is 6.60. The Labute approximate surface area is 103 Å². The first-order valence-corrected chi connectivity index (χ1v) is 6.27. The largest absolute Gasteiger partial charge is 0.295 e. The van der Waals surface area contributed by atoms with E-state index in [1.54, 1.807) is 0 Å². The van der Waals surface area contributed by atoms with E-state index in [0.717, 1.165) is 18.8 Å². The average Bonchev–Trinajstić information content (AvgIpc) is 2.63. The van der Waals surface area contributed by atoms with Crippen LogP contribution in [-0.4, -0.2) is 29.1 Å². The second-order valence-electron chi connectivity index (χ2n) is 5.91. The molecule has 1 aromatic rings. The first kappa shape index (κ1) is 12.5. The van der Waals surface area contributed by atoms with Gasteiger partial charge in [0.2, 0.25) is 0 Å². The van der Waals surface area contributed by atoms with Crippen molar-refractivity contribution < 1.29 is 4.39 Å². The lowest BCUT2D eigenvalue weighted by Gasteiger charge is -2.19. The molecule has 1 atom stereocenters. The van der Waals surface area contributed by atoms with Gasteiger partial charge in [-0.3, -0.25) is 9.88 Å². The topological polar surface area (TPSA) is 16.1 Å². The van der Waals surface area contributed by atoms with Gasteiger partial charge in [-0.2, -0.15) is 0 Å². The van der Waals surface area contributed by atoms with Crippen molar-refractivity contribution in [2.75, 3.05) is 13.1 Å². The summed E-state index contributed by atoms with van der Waals surface area (Å²) in [6, 6.07) is 4.19. The summed E-state index contributed by atoms with van der Waals surface area (Å²) in [5.41, 5.74) is 2.42. The number of aromatic nitrogens is 1. The number of hydrogen-bond acceptors (Lipinski definition) is 2. The Balaban J connectivity index is 1.99. The molecule has 1 fully saturated rings. The van der Waals surface area contributed by atoms with E-state index in [1.165, 1.54) is 5.56 Å². The molecule has 0 amide bonds. The normalized spacial score (nSPS) is 22.0. The molecule has 1 aliphatic rings. The quantitative estimate of drug-likeness (QED) is 0.785. The number of halogens is 1. The first-order chi connectivity index (χ1) is 7.95. The van der Waals surface area contributed by atoms with Crippen molar-refractivity contribution in [3.63, 3.8) is 0 Å². The molecule has 0 N–H and O–H groups in total. The van der Waals surface area contributed by atoms with Crippen LogP contribution in [-0.2, 0) is 12.0 Å². The molecule has 17 heavy (non-hydrogen) atoms. The molecule has 1 aliphatic heterocycles. The first-order valence-electron chi connectivity index (χ1n) is 6.27. The highest BCUT2D eigenvalue weighted by atomic mass is 19.1. The minimum absolute atomic E-state index is 0.142. The zero-order valence-corrected chi connectivity index (χ0v) is 10.9. The number of hydrogen-bond donors (Lipinski definition) is 0. The monoisotopic (exact) mass is 236 g/mol. The van der Waals surface area contributed by atoms with E-state index in [1.807, 2.05) is 6.20 Å². The van der Waals surface area contributed by atoms with E-state index in [-0.39, 0.29) is 5.41 Å².